The minimum atomic E-state index is -0.438. The van der Waals surface area contributed by atoms with Gasteiger partial charge in [-0.05, 0) is 31.5 Å². The Morgan fingerprint density at radius 3 is 2.00 bits per heavy atom. The van der Waals surface area contributed by atoms with Crippen LogP contribution in [0.3, 0.4) is 0 Å². The van der Waals surface area contributed by atoms with E-state index in [2.05, 4.69) is 10.6 Å². The van der Waals surface area contributed by atoms with Gasteiger partial charge in [-0.3, -0.25) is 9.59 Å². The van der Waals surface area contributed by atoms with Crippen LogP contribution in [0, 0.1) is 5.41 Å². The van der Waals surface area contributed by atoms with Crippen molar-refractivity contribution in [3.63, 3.8) is 0 Å². The lowest BCUT2D eigenvalue weighted by Gasteiger charge is -2.19. The number of carbonyl (C=O) groups excluding carboxylic acids is 2. The van der Waals surface area contributed by atoms with E-state index in [1.165, 1.54) is 0 Å². The lowest BCUT2D eigenvalue weighted by molar-refractivity contribution is -0.128. The van der Waals surface area contributed by atoms with E-state index < -0.39 is 11.0 Å². The molecule has 0 aliphatic heterocycles. The van der Waals surface area contributed by atoms with Gasteiger partial charge in [-0.25, -0.2) is 0 Å². The highest BCUT2D eigenvalue weighted by Gasteiger charge is 2.20. The second-order valence-electron chi connectivity index (χ2n) is 7.30. The Labute approximate surface area is 132 Å². The molecule has 0 heterocycles. The van der Waals surface area contributed by atoms with Gasteiger partial charge in [0.1, 0.15) is 0 Å². The van der Waals surface area contributed by atoms with E-state index in [0.29, 0.717) is 18.7 Å². The Kier molecular flexibility index (Phi) is 5.72. The number of amides is 2. The summed E-state index contributed by atoms with van der Waals surface area (Å²) in [5.41, 5.74) is 6.52. The molecule has 0 aliphatic carbocycles. The van der Waals surface area contributed by atoms with Crippen LogP contribution in [0.25, 0.3) is 0 Å². The van der Waals surface area contributed by atoms with Gasteiger partial charge < -0.3 is 16.4 Å². The van der Waals surface area contributed by atoms with Gasteiger partial charge in [-0.15, -0.1) is 0 Å². The van der Waals surface area contributed by atoms with Crippen molar-refractivity contribution in [3.8, 4) is 0 Å². The number of benzene rings is 1. The predicted octanol–water partition coefficient (Wildman–Crippen LogP) is 1.82. The smallest absolute Gasteiger partial charge is 0.251 e. The minimum absolute atomic E-state index is 0.000466. The molecular weight excluding hydrogens is 278 g/mol. The van der Waals surface area contributed by atoms with Crippen LogP contribution < -0.4 is 16.4 Å². The molecule has 4 N–H and O–H groups in total. The van der Waals surface area contributed by atoms with Crippen LogP contribution in [0.4, 0.5) is 0 Å². The fourth-order valence-corrected chi connectivity index (χ4v) is 1.63. The Morgan fingerprint density at radius 1 is 1.00 bits per heavy atom. The summed E-state index contributed by atoms with van der Waals surface area (Å²) in [6, 6.07) is 7.17. The van der Waals surface area contributed by atoms with Gasteiger partial charge in [0.25, 0.3) is 5.91 Å². The van der Waals surface area contributed by atoms with E-state index in [-0.39, 0.29) is 11.8 Å². The maximum Gasteiger partial charge on any atom is 0.251 e. The maximum absolute atomic E-state index is 12.0. The quantitative estimate of drug-likeness (QED) is 0.776. The lowest BCUT2D eigenvalue weighted by atomic mass is 9.95. The molecule has 0 radical (unpaired) electrons. The Morgan fingerprint density at radius 2 is 1.55 bits per heavy atom. The fourth-order valence-electron chi connectivity index (χ4n) is 1.63. The van der Waals surface area contributed by atoms with E-state index in [4.69, 9.17) is 5.73 Å². The number of carbonyl (C=O) groups is 2. The number of hydrogen-bond donors (Lipinski definition) is 3. The molecule has 0 aliphatic rings. The average molecular weight is 305 g/mol. The first-order chi connectivity index (χ1) is 9.99. The first-order valence-electron chi connectivity index (χ1n) is 7.43. The van der Waals surface area contributed by atoms with Crippen molar-refractivity contribution in [2.24, 2.45) is 11.1 Å². The molecule has 5 nitrogen and oxygen atoms in total. The third kappa shape index (κ3) is 6.26. The summed E-state index contributed by atoms with van der Waals surface area (Å²) in [7, 11) is 0. The van der Waals surface area contributed by atoms with Gasteiger partial charge in [0.2, 0.25) is 5.91 Å². The van der Waals surface area contributed by atoms with Crippen molar-refractivity contribution in [2.75, 3.05) is 6.54 Å². The first kappa shape index (κ1) is 18.2. The molecule has 1 aromatic carbocycles. The second-order valence-corrected chi connectivity index (χ2v) is 7.30. The summed E-state index contributed by atoms with van der Waals surface area (Å²) in [6.07, 6.45) is 0. The van der Waals surface area contributed by atoms with E-state index in [9.17, 15) is 9.59 Å². The zero-order chi connectivity index (χ0) is 17.0. The van der Waals surface area contributed by atoms with Gasteiger partial charge in [0.05, 0.1) is 0 Å². The highest BCUT2D eigenvalue weighted by atomic mass is 16.2. The molecule has 0 atom stereocenters. The van der Waals surface area contributed by atoms with Gasteiger partial charge >= 0.3 is 0 Å². The van der Waals surface area contributed by atoms with Crippen LogP contribution in [0.15, 0.2) is 24.3 Å². The summed E-state index contributed by atoms with van der Waals surface area (Å²) >= 11 is 0. The third-order valence-corrected chi connectivity index (χ3v) is 3.05. The monoisotopic (exact) mass is 305 g/mol. The molecule has 1 rings (SSSR count). The van der Waals surface area contributed by atoms with Crippen LogP contribution in [0.1, 0.15) is 50.5 Å². The predicted molar refractivity (Wildman–Crippen MR) is 88.3 cm³/mol. The van der Waals surface area contributed by atoms with E-state index in [0.717, 1.165) is 5.56 Å². The van der Waals surface area contributed by atoms with E-state index in [1.807, 2.05) is 46.8 Å². The molecule has 0 saturated heterocycles. The van der Waals surface area contributed by atoms with Crippen LogP contribution in [-0.2, 0) is 11.3 Å². The first-order valence-corrected chi connectivity index (χ1v) is 7.43. The topological polar surface area (TPSA) is 84.2 Å². The van der Waals surface area contributed by atoms with Gasteiger partial charge in [0, 0.05) is 29.6 Å². The van der Waals surface area contributed by atoms with Crippen molar-refractivity contribution < 1.29 is 9.59 Å². The standard InChI is InChI=1S/C17H27N3O2/c1-16(2,3)15(22)19-10-12-6-8-13(9-7-12)14(21)20-11-17(4,5)18/h6-9H,10-11,18H2,1-5H3,(H,19,22)(H,20,21). The zero-order valence-corrected chi connectivity index (χ0v) is 14.1. The average Bonchev–Trinajstić information content (AvgIpc) is 2.40. The number of nitrogens with one attached hydrogen (secondary N) is 2. The molecule has 0 spiro atoms. The molecule has 5 heteroatoms. The SMILES string of the molecule is CC(C)(N)CNC(=O)c1ccc(CNC(=O)C(C)(C)C)cc1. The summed E-state index contributed by atoms with van der Waals surface area (Å²) in [5, 5.41) is 5.67. The summed E-state index contributed by atoms with van der Waals surface area (Å²) in [4.78, 5) is 23.8. The summed E-state index contributed by atoms with van der Waals surface area (Å²) < 4.78 is 0. The van der Waals surface area contributed by atoms with Crippen LogP contribution in [-0.4, -0.2) is 23.9 Å². The van der Waals surface area contributed by atoms with Crippen LogP contribution in [0.5, 0.6) is 0 Å². The molecule has 0 saturated carbocycles. The van der Waals surface area contributed by atoms with Crippen molar-refractivity contribution in [3.05, 3.63) is 35.4 Å². The van der Waals surface area contributed by atoms with Crippen molar-refractivity contribution in [2.45, 2.75) is 46.7 Å². The second kappa shape index (κ2) is 6.92. The molecule has 0 unspecified atom stereocenters. The highest BCUT2D eigenvalue weighted by molar-refractivity contribution is 5.94. The maximum atomic E-state index is 12.0. The molecule has 122 valence electrons. The van der Waals surface area contributed by atoms with E-state index >= 15 is 0 Å². The zero-order valence-electron chi connectivity index (χ0n) is 14.1. The summed E-state index contributed by atoms with van der Waals surface area (Å²) in [5.74, 6) is -0.150. The normalized spacial score (nSPS) is 11.9. The molecule has 0 aromatic heterocycles. The van der Waals surface area contributed by atoms with Gasteiger partial charge in [0.15, 0.2) is 0 Å². The molecule has 22 heavy (non-hydrogen) atoms. The van der Waals surface area contributed by atoms with Crippen molar-refractivity contribution in [1.29, 1.82) is 0 Å². The molecule has 1 aromatic rings. The molecule has 0 bridgehead atoms. The number of hydrogen-bond acceptors (Lipinski definition) is 3. The summed E-state index contributed by atoms with van der Waals surface area (Å²) in [6.45, 7) is 10.2. The Hall–Kier alpha value is -1.88. The van der Waals surface area contributed by atoms with Crippen molar-refractivity contribution in [1.82, 2.24) is 10.6 Å². The lowest BCUT2D eigenvalue weighted by Crippen LogP contribution is -2.45. The van der Waals surface area contributed by atoms with Crippen LogP contribution in [0.2, 0.25) is 0 Å². The molecule has 2 amide bonds. The highest BCUT2D eigenvalue weighted by Crippen LogP contribution is 2.13. The fraction of sp³-hybridized carbons (Fsp3) is 0.529. The van der Waals surface area contributed by atoms with Gasteiger partial charge in [-0.2, -0.15) is 0 Å². The Balaban J connectivity index is 2.56. The number of nitrogens with two attached hydrogens (primary N) is 1. The number of rotatable bonds is 5. The minimum Gasteiger partial charge on any atom is -0.352 e. The van der Waals surface area contributed by atoms with Crippen molar-refractivity contribution >= 4 is 11.8 Å². The third-order valence-electron chi connectivity index (χ3n) is 3.05. The van der Waals surface area contributed by atoms with Gasteiger partial charge in [-0.1, -0.05) is 32.9 Å². The molecular formula is C17H27N3O2. The van der Waals surface area contributed by atoms with Crippen LogP contribution >= 0.6 is 0 Å². The largest absolute Gasteiger partial charge is 0.352 e. The molecule has 0 fully saturated rings. The van der Waals surface area contributed by atoms with E-state index in [1.54, 1.807) is 12.1 Å². The Bertz CT molecular complexity index is 522.